The lowest BCUT2D eigenvalue weighted by Crippen LogP contribution is -1.88. The standard InChI is InChI=1S/C12H13NOS/c1-8-11(9(2)14)15-12(13-8)10-6-4-3-5-7-10/h3-7,9,14H,1-2H3/t9-/m1/s1. The summed E-state index contributed by atoms with van der Waals surface area (Å²) in [5.41, 5.74) is 2.03. The van der Waals surface area contributed by atoms with Crippen LogP contribution in [0.4, 0.5) is 0 Å². The molecule has 0 aliphatic heterocycles. The topological polar surface area (TPSA) is 33.1 Å². The van der Waals surface area contributed by atoms with Gasteiger partial charge in [0.2, 0.25) is 0 Å². The third-order valence-electron chi connectivity index (χ3n) is 2.23. The van der Waals surface area contributed by atoms with E-state index in [2.05, 4.69) is 4.98 Å². The Morgan fingerprint density at radius 2 is 1.93 bits per heavy atom. The van der Waals surface area contributed by atoms with Gasteiger partial charge in [-0.05, 0) is 13.8 Å². The van der Waals surface area contributed by atoms with Gasteiger partial charge in [0.05, 0.1) is 16.7 Å². The molecule has 1 heterocycles. The predicted octanol–water partition coefficient (Wildman–Crippen LogP) is 3.17. The van der Waals surface area contributed by atoms with Crippen molar-refractivity contribution in [3.05, 3.63) is 40.9 Å². The van der Waals surface area contributed by atoms with E-state index >= 15 is 0 Å². The van der Waals surface area contributed by atoms with Crippen molar-refractivity contribution in [1.29, 1.82) is 0 Å². The smallest absolute Gasteiger partial charge is 0.123 e. The molecule has 0 amide bonds. The van der Waals surface area contributed by atoms with E-state index in [1.165, 1.54) is 0 Å². The molecule has 1 atom stereocenters. The Morgan fingerprint density at radius 3 is 2.47 bits per heavy atom. The lowest BCUT2D eigenvalue weighted by atomic mass is 10.2. The zero-order chi connectivity index (χ0) is 10.8. The van der Waals surface area contributed by atoms with Crippen LogP contribution in [0.3, 0.4) is 0 Å². The Bertz CT molecular complexity index is 448. The lowest BCUT2D eigenvalue weighted by molar-refractivity contribution is 0.202. The lowest BCUT2D eigenvalue weighted by Gasteiger charge is -1.98. The highest BCUT2D eigenvalue weighted by atomic mass is 32.1. The van der Waals surface area contributed by atoms with Crippen LogP contribution in [0, 0.1) is 6.92 Å². The molecule has 0 spiro atoms. The zero-order valence-electron chi connectivity index (χ0n) is 8.77. The summed E-state index contributed by atoms with van der Waals surface area (Å²) in [5, 5.41) is 10.5. The third-order valence-corrected chi connectivity index (χ3v) is 3.61. The van der Waals surface area contributed by atoms with Crippen molar-refractivity contribution >= 4 is 11.3 Å². The summed E-state index contributed by atoms with van der Waals surface area (Å²) in [5.74, 6) is 0. The van der Waals surface area contributed by atoms with Gasteiger partial charge in [0, 0.05) is 5.56 Å². The van der Waals surface area contributed by atoms with Gasteiger partial charge < -0.3 is 5.11 Å². The largest absolute Gasteiger partial charge is 0.388 e. The van der Waals surface area contributed by atoms with Crippen LogP contribution in [0.2, 0.25) is 0 Å². The van der Waals surface area contributed by atoms with Gasteiger partial charge in [-0.3, -0.25) is 0 Å². The first kappa shape index (κ1) is 10.3. The summed E-state index contributed by atoms with van der Waals surface area (Å²) in [6, 6.07) is 10.0. The van der Waals surface area contributed by atoms with E-state index < -0.39 is 6.10 Å². The van der Waals surface area contributed by atoms with Gasteiger partial charge >= 0.3 is 0 Å². The molecule has 78 valence electrons. The highest BCUT2D eigenvalue weighted by Gasteiger charge is 2.12. The van der Waals surface area contributed by atoms with Crippen molar-refractivity contribution in [2.45, 2.75) is 20.0 Å². The Balaban J connectivity index is 2.43. The minimum Gasteiger partial charge on any atom is -0.388 e. The summed E-state index contributed by atoms with van der Waals surface area (Å²) in [6.45, 7) is 3.71. The molecule has 0 aliphatic carbocycles. The van der Waals surface area contributed by atoms with E-state index in [9.17, 15) is 5.11 Å². The summed E-state index contributed by atoms with van der Waals surface area (Å²) in [6.07, 6.45) is -0.431. The molecule has 0 fully saturated rings. The van der Waals surface area contributed by atoms with Crippen LogP contribution in [0.25, 0.3) is 10.6 Å². The highest BCUT2D eigenvalue weighted by molar-refractivity contribution is 7.15. The van der Waals surface area contributed by atoms with E-state index in [0.717, 1.165) is 21.1 Å². The number of nitrogens with zero attached hydrogens (tertiary/aromatic N) is 1. The Hall–Kier alpha value is -1.19. The van der Waals surface area contributed by atoms with Crippen LogP contribution in [0.1, 0.15) is 23.6 Å². The fourth-order valence-electron chi connectivity index (χ4n) is 1.50. The number of aliphatic hydroxyl groups is 1. The predicted molar refractivity (Wildman–Crippen MR) is 62.9 cm³/mol. The molecule has 2 rings (SSSR count). The molecule has 1 aromatic carbocycles. The molecule has 0 saturated carbocycles. The van der Waals surface area contributed by atoms with Crippen LogP contribution in [0.5, 0.6) is 0 Å². The number of thiazole rings is 1. The minimum absolute atomic E-state index is 0.431. The molecular formula is C12H13NOS. The number of aryl methyl sites for hydroxylation is 1. The molecule has 1 N–H and O–H groups in total. The molecule has 0 aliphatic rings. The summed E-state index contributed by atoms with van der Waals surface area (Å²) in [7, 11) is 0. The quantitative estimate of drug-likeness (QED) is 0.841. The average molecular weight is 219 g/mol. The van der Waals surface area contributed by atoms with Crippen molar-refractivity contribution in [3.8, 4) is 10.6 Å². The minimum atomic E-state index is -0.431. The van der Waals surface area contributed by atoms with E-state index in [-0.39, 0.29) is 0 Å². The van der Waals surface area contributed by atoms with Gasteiger partial charge in [0.1, 0.15) is 5.01 Å². The monoisotopic (exact) mass is 219 g/mol. The second-order valence-electron chi connectivity index (χ2n) is 3.51. The number of aliphatic hydroxyl groups excluding tert-OH is 1. The van der Waals surface area contributed by atoms with Crippen LogP contribution < -0.4 is 0 Å². The molecule has 1 aromatic heterocycles. The first-order chi connectivity index (χ1) is 7.18. The Kier molecular flexibility index (Phi) is 2.84. The van der Waals surface area contributed by atoms with Crippen LogP contribution in [0.15, 0.2) is 30.3 Å². The van der Waals surface area contributed by atoms with Gasteiger partial charge in [-0.1, -0.05) is 30.3 Å². The molecule has 3 heteroatoms. The fourth-order valence-corrected chi connectivity index (χ4v) is 2.51. The van der Waals surface area contributed by atoms with Crippen molar-refractivity contribution in [1.82, 2.24) is 4.98 Å². The van der Waals surface area contributed by atoms with E-state index in [1.807, 2.05) is 37.3 Å². The SMILES string of the molecule is Cc1nc(-c2ccccc2)sc1[C@@H](C)O. The zero-order valence-corrected chi connectivity index (χ0v) is 9.58. The number of benzene rings is 1. The summed E-state index contributed by atoms with van der Waals surface area (Å²) < 4.78 is 0. The molecule has 15 heavy (non-hydrogen) atoms. The van der Waals surface area contributed by atoms with Gasteiger partial charge in [-0.25, -0.2) is 4.98 Å². The number of aromatic nitrogens is 1. The number of rotatable bonds is 2. The summed E-state index contributed by atoms with van der Waals surface area (Å²) in [4.78, 5) is 5.41. The second-order valence-corrected chi connectivity index (χ2v) is 4.54. The molecule has 0 bridgehead atoms. The van der Waals surface area contributed by atoms with Crippen molar-refractivity contribution < 1.29 is 5.11 Å². The van der Waals surface area contributed by atoms with Crippen LogP contribution in [-0.4, -0.2) is 10.1 Å². The third kappa shape index (κ3) is 2.08. The molecule has 0 radical (unpaired) electrons. The van der Waals surface area contributed by atoms with Gasteiger partial charge in [0.25, 0.3) is 0 Å². The van der Waals surface area contributed by atoms with Gasteiger partial charge in [-0.2, -0.15) is 0 Å². The molecule has 2 aromatic rings. The Morgan fingerprint density at radius 1 is 1.27 bits per heavy atom. The average Bonchev–Trinajstić information content (AvgIpc) is 2.62. The summed E-state index contributed by atoms with van der Waals surface area (Å²) >= 11 is 1.56. The molecular weight excluding hydrogens is 206 g/mol. The van der Waals surface area contributed by atoms with E-state index in [1.54, 1.807) is 18.3 Å². The first-order valence-electron chi connectivity index (χ1n) is 4.89. The normalized spacial score (nSPS) is 12.7. The van der Waals surface area contributed by atoms with Crippen molar-refractivity contribution in [3.63, 3.8) is 0 Å². The first-order valence-corrected chi connectivity index (χ1v) is 5.71. The number of hydrogen-bond acceptors (Lipinski definition) is 3. The van der Waals surface area contributed by atoms with Gasteiger partial charge in [-0.15, -0.1) is 11.3 Å². The van der Waals surface area contributed by atoms with Crippen LogP contribution >= 0.6 is 11.3 Å². The number of hydrogen-bond donors (Lipinski definition) is 1. The maximum absolute atomic E-state index is 9.54. The van der Waals surface area contributed by atoms with E-state index in [4.69, 9.17) is 0 Å². The fraction of sp³-hybridized carbons (Fsp3) is 0.250. The molecule has 0 unspecified atom stereocenters. The maximum Gasteiger partial charge on any atom is 0.123 e. The van der Waals surface area contributed by atoms with Gasteiger partial charge in [0.15, 0.2) is 0 Å². The molecule has 0 saturated heterocycles. The highest BCUT2D eigenvalue weighted by Crippen LogP contribution is 2.31. The second kappa shape index (κ2) is 4.13. The van der Waals surface area contributed by atoms with Crippen molar-refractivity contribution in [2.75, 3.05) is 0 Å². The van der Waals surface area contributed by atoms with Crippen LogP contribution in [-0.2, 0) is 0 Å². The van der Waals surface area contributed by atoms with Crippen molar-refractivity contribution in [2.24, 2.45) is 0 Å². The molecule has 2 nitrogen and oxygen atoms in total. The Labute approximate surface area is 93.2 Å². The maximum atomic E-state index is 9.54. The van der Waals surface area contributed by atoms with E-state index in [0.29, 0.717) is 0 Å².